The quantitative estimate of drug-likeness (QED) is 0.857. The first-order valence-electron chi connectivity index (χ1n) is 8.94. The Hall–Kier alpha value is -2.08. The third-order valence-corrected chi connectivity index (χ3v) is 5.31. The molecule has 2 heterocycles. The number of hydrogen-bond donors (Lipinski definition) is 1. The van der Waals surface area contributed by atoms with Crippen molar-refractivity contribution in [2.75, 3.05) is 32.7 Å². The number of carboxylic acid groups (broad SMARTS) is 1. The minimum absolute atomic E-state index is 0.160. The molecule has 0 saturated carbocycles. The van der Waals surface area contributed by atoms with E-state index in [0.717, 1.165) is 25.9 Å². The second-order valence-corrected chi connectivity index (χ2v) is 7.23. The zero-order valence-electron chi connectivity index (χ0n) is 14.7. The molecule has 1 aromatic carbocycles. The largest absolute Gasteiger partial charge is 0.481 e. The van der Waals surface area contributed by atoms with Crippen molar-refractivity contribution in [3.8, 4) is 0 Å². The molecule has 1 amide bonds. The standard InChI is InChI=1S/C19H26N2O4/c1-15(16-5-3-2-4-6-16)13-21-14-19(25-18(21)24)8-11-20(12-9-19)10-7-17(22)23/h2-6,15H,7-14H2,1H3,(H,22,23). The van der Waals surface area contributed by atoms with Gasteiger partial charge in [-0.1, -0.05) is 37.3 Å². The summed E-state index contributed by atoms with van der Waals surface area (Å²) in [6.07, 6.45) is 1.48. The second kappa shape index (κ2) is 7.44. The molecule has 1 N–H and O–H groups in total. The van der Waals surface area contributed by atoms with Gasteiger partial charge in [0, 0.05) is 39.0 Å². The number of hydrogen-bond acceptors (Lipinski definition) is 4. The van der Waals surface area contributed by atoms with Crippen LogP contribution in [0.15, 0.2) is 30.3 Å². The van der Waals surface area contributed by atoms with Crippen LogP contribution in [0.1, 0.15) is 37.7 Å². The lowest BCUT2D eigenvalue weighted by atomic mass is 9.91. The summed E-state index contributed by atoms with van der Waals surface area (Å²) in [6, 6.07) is 10.2. The first-order valence-corrected chi connectivity index (χ1v) is 8.94. The van der Waals surface area contributed by atoms with Gasteiger partial charge in [-0.25, -0.2) is 4.79 Å². The minimum atomic E-state index is -0.770. The summed E-state index contributed by atoms with van der Waals surface area (Å²) in [5.41, 5.74) is 0.826. The number of piperidine rings is 1. The smallest absolute Gasteiger partial charge is 0.410 e. The van der Waals surface area contributed by atoms with Crippen molar-refractivity contribution in [2.24, 2.45) is 0 Å². The molecule has 2 aliphatic rings. The van der Waals surface area contributed by atoms with Crippen LogP contribution in [0.25, 0.3) is 0 Å². The zero-order valence-corrected chi connectivity index (χ0v) is 14.7. The fourth-order valence-corrected chi connectivity index (χ4v) is 3.75. The molecule has 6 nitrogen and oxygen atoms in total. The molecular formula is C19H26N2O4. The van der Waals surface area contributed by atoms with E-state index in [1.807, 2.05) is 23.1 Å². The Morgan fingerprint density at radius 3 is 2.60 bits per heavy atom. The van der Waals surface area contributed by atoms with Gasteiger partial charge in [0.1, 0.15) is 5.60 Å². The molecule has 2 fully saturated rings. The summed E-state index contributed by atoms with van der Waals surface area (Å²) in [5, 5.41) is 8.79. The molecule has 1 atom stereocenters. The first kappa shape index (κ1) is 17.7. The minimum Gasteiger partial charge on any atom is -0.481 e. The van der Waals surface area contributed by atoms with Gasteiger partial charge in [-0.2, -0.15) is 0 Å². The van der Waals surface area contributed by atoms with E-state index in [-0.39, 0.29) is 18.4 Å². The maximum Gasteiger partial charge on any atom is 0.410 e. The molecule has 136 valence electrons. The van der Waals surface area contributed by atoms with Crippen molar-refractivity contribution >= 4 is 12.1 Å². The zero-order chi connectivity index (χ0) is 17.9. The second-order valence-electron chi connectivity index (χ2n) is 7.23. The van der Waals surface area contributed by atoms with E-state index in [2.05, 4.69) is 24.0 Å². The van der Waals surface area contributed by atoms with E-state index in [1.54, 1.807) is 0 Å². The molecule has 0 aliphatic carbocycles. The number of nitrogens with zero attached hydrogens (tertiary/aromatic N) is 2. The predicted molar refractivity (Wildman–Crippen MR) is 93.6 cm³/mol. The van der Waals surface area contributed by atoms with E-state index < -0.39 is 11.6 Å². The van der Waals surface area contributed by atoms with Gasteiger partial charge in [0.25, 0.3) is 0 Å². The Morgan fingerprint density at radius 1 is 1.28 bits per heavy atom. The third-order valence-electron chi connectivity index (χ3n) is 5.31. The number of benzene rings is 1. The van der Waals surface area contributed by atoms with Crippen molar-refractivity contribution in [1.29, 1.82) is 0 Å². The van der Waals surface area contributed by atoms with Crippen LogP contribution >= 0.6 is 0 Å². The van der Waals surface area contributed by atoms with Crippen LogP contribution in [0.2, 0.25) is 0 Å². The number of rotatable bonds is 6. The first-order chi connectivity index (χ1) is 12.0. The van der Waals surface area contributed by atoms with Crippen molar-refractivity contribution in [1.82, 2.24) is 9.80 Å². The average Bonchev–Trinajstić information content (AvgIpc) is 2.90. The van der Waals surface area contributed by atoms with Gasteiger partial charge >= 0.3 is 12.1 Å². The highest BCUT2D eigenvalue weighted by Crippen LogP contribution is 2.34. The molecule has 1 unspecified atom stereocenters. The number of carboxylic acids is 1. The highest BCUT2D eigenvalue weighted by molar-refractivity contribution is 5.71. The lowest BCUT2D eigenvalue weighted by Gasteiger charge is -2.37. The average molecular weight is 346 g/mol. The highest BCUT2D eigenvalue weighted by atomic mass is 16.6. The van der Waals surface area contributed by atoms with Crippen molar-refractivity contribution in [3.05, 3.63) is 35.9 Å². The summed E-state index contributed by atoms with van der Waals surface area (Å²) in [7, 11) is 0. The maximum atomic E-state index is 12.3. The lowest BCUT2D eigenvalue weighted by Crippen LogP contribution is -2.47. The predicted octanol–water partition coefficient (Wildman–Crippen LogP) is 2.55. The van der Waals surface area contributed by atoms with E-state index in [1.165, 1.54) is 5.56 Å². The Morgan fingerprint density at radius 2 is 1.96 bits per heavy atom. The molecule has 25 heavy (non-hydrogen) atoms. The Bertz CT molecular complexity index is 611. The topological polar surface area (TPSA) is 70.1 Å². The number of aliphatic carboxylic acids is 1. The molecule has 1 aromatic rings. The lowest BCUT2D eigenvalue weighted by molar-refractivity contribution is -0.137. The molecule has 3 rings (SSSR count). The molecule has 0 aromatic heterocycles. The van der Waals surface area contributed by atoms with Crippen LogP contribution < -0.4 is 0 Å². The van der Waals surface area contributed by atoms with Crippen molar-refractivity contribution in [2.45, 2.75) is 37.7 Å². The van der Waals surface area contributed by atoms with Gasteiger partial charge in [0.15, 0.2) is 0 Å². The van der Waals surface area contributed by atoms with Gasteiger partial charge in [-0.15, -0.1) is 0 Å². The molecule has 0 radical (unpaired) electrons. The van der Waals surface area contributed by atoms with Crippen molar-refractivity contribution in [3.63, 3.8) is 0 Å². The molecule has 2 saturated heterocycles. The van der Waals surface area contributed by atoms with Gasteiger partial charge in [-0.05, 0) is 11.5 Å². The summed E-state index contributed by atoms with van der Waals surface area (Å²) >= 11 is 0. The SMILES string of the molecule is CC(CN1CC2(CCN(CCC(=O)O)CC2)OC1=O)c1ccccc1. The van der Waals surface area contributed by atoms with Crippen molar-refractivity contribution < 1.29 is 19.4 Å². The Labute approximate surface area is 148 Å². The molecule has 2 aliphatic heterocycles. The Balaban J connectivity index is 1.53. The van der Waals surface area contributed by atoms with E-state index in [9.17, 15) is 9.59 Å². The van der Waals surface area contributed by atoms with Crippen LogP contribution in [0.5, 0.6) is 0 Å². The number of likely N-dealkylation sites (tertiary alicyclic amines) is 1. The van der Waals surface area contributed by atoms with Crippen LogP contribution in [-0.4, -0.2) is 65.3 Å². The van der Waals surface area contributed by atoms with Gasteiger partial charge in [0.2, 0.25) is 0 Å². The van der Waals surface area contributed by atoms with E-state index >= 15 is 0 Å². The summed E-state index contributed by atoms with van der Waals surface area (Å²) in [4.78, 5) is 27.0. The summed E-state index contributed by atoms with van der Waals surface area (Å²) in [5.74, 6) is -0.506. The normalized spacial score (nSPS) is 21.3. The number of ether oxygens (including phenoxy) is 1. The fraction of sp³-hybridized carbons (Fsp3) is 0.579. The van der Waals surface area contributed by atoms with Crippen LogP contribution in [0.3, 0.4) is 0 Å². The Kier molecular flexibility index (Phi) is 5.27. The molecule has 6 heteroatoms. The van der Waals surface area contributed by atoms with Gasteiger partial charge in [-0.3, -0.25) is 4.79 Å². The van der Waals surface area contributed by atoms with Crippen LogP contribution in [-0.2, 0) is 9.53 Å². The molecular weight excluding hydrogens is 320 g/mol. The maximum absolute atomic E-state index is 12.3. The van der Waals surface area contributed by atoms with Crippen LogP contribution in [0, 0.1) is 0 Å². The fourth-order valence-electron chi connectivity index (χ4n) is 3.75. The number of amides is 1. The highest BCUT2D eigenvalue weighted by Gasteiger charge is 2.47. The molecule has 0 bridgehead atoms. The van der Waals surface area contributed by atoms with Gasteiger partial charge in [0.05, 0.1) is 13.0 Å². The number of carbonyl (C=O) groups is 2. The summed E-state index contributed by atoms with van der Waals surface area (Å²) < 4.78 is 5.76. The molecule has 1 spiro atoms. The van der Waals surface area contributed by atoms with Gasteiger partial charge < -0.3 is 19.6 Å². The van der Waals surface area contributed by atoms with Crippen LogP contribution in [0.4, 0.5) is 4.79 Å². The van der Waals surface area contributed by atoms with E-state index in [0.29, 0.717) is 19.6 Å². The number of carbonyl (C=O) groups excluding carboxylic acids is 1. The summed E-state index contributed by atoms with van der Waals surface area (Å²) in [6.45, 7) is 5.55. The third kappa shape index (κ3) is 4.31. The monoisotopic (exact) mass is 346 g/mol. The van der Waals surface area contributed by atoms with E-state index in [4.69, 9.17) is 9.84 Å².